The predicted octanol–water partition coefficient (Wildman–Crippen LogP) is 6.08. The van der Waals surface area contributed by atoms with Gasteiger partial charge in [0.15, 0.2) is 0 Å². The molecule has 0 amide bonds. The minimum atomic E-state index is -0.451. The Balaban J connectivity index is 1.71. The van der Waals surface area contributed by atoms with Gasteiger partial charge in [-0.2, -0.15) is 0 Å². The monoisotopic (exact) mass is 404 g/mol. The van der Waals surface area contributed by atoms with E-state index in [2.05, 4.69) is 13.2 Å². The summed E-state index contributed by atoms with van der Waals surface area (Å²) in [7, 11) is 0. The van der Waals surface area contributed by atoms with Crippen molar-refractivity contribution in [1.29, 1.82) is 0 Å². The molecule has 0 radical (unpaired) electrons. The normalized spacial score (nSPS) is 19.1. The average Bonchev–Trinajstić information content (AvgIpc) is 2.78. The molecule has 4 heteroatoms. The Labute approximate surface area is 178 Å². The van der Waals surface area contributed by atoms with Gasteiger partial charge in [0.05, 0.1) is 11.1 Å². The summed E-state index contributed by atoms with van der Waals surface area (Å²) >= 11 is 0. The zero-order valence-corrected chi connectivity index (χ0v) is 17.2. The van der Waals surface area contributed by atoms with Gasteiger partial charge in [0, 0.05) is 0 Å². The Kier molecular flexibility index (Phi) is 7.61. The van der Waals surface area contributed by atoms with Crippen LogP contribution in [0.5, 0.6) is 0 Å². The van der Waals surface area contributed by atoms with Crippen molar-refractivity contribution in [2.24, 2.45) is 0 Å². The Morgan fingerprint density at radius 3 is 1.37 bits per heavy atom. The second-order valence-corrected chi connectivity index (χ2v) is 7.53. The number of carbonyl (C=O) groups excluding carboxylic acids is 2. The quantitative estimate of drug-likeness (QED) is 0.548. The van der Waals surface area contributed by atoms with Crippen molar-refractivity contribution in [2.75, 3.05) is 0 Å². The Morgan fingerprint density at radius 1 is 0.667 bits per heavy atom. The lowest BCUT2D eigenvalue weighted by molar-refractivity contribution is -0.0446. The molecule has 2 aromatic carbocycles. The molecule has 0 aliphatic heterocycles. The van der Waals surface area contributed by atoms with Gasteiger partial charge in [0.1, 0.15) is 12.2 Å². The molecule has 1 aliphatic rings. The summed E-state index contributed by atoms with van der Waals surface area (Å²) < 4.78 is 11.6. The van der Waals surface area contributed by atoms with E-state index < -0.39 is 24.1 Å². The number of hydrogen-bond donors (Lipinski definition) is 0. The fraction of sp³-hybridized carbons (Fsp3) is 0.308. The smallest absolute Gasteiger partial charge is 0.338 e. The van der Waals surface area contributed by atoms with Gasteiger partial charge in [-0.1, -0.05) is 62.4 Å². The molecular formula is C26H28O4. The van der Waals surface area contributed by atoms with Crippen molar-refractivity contribution in [3.05, 3.63) is 83.9 Å². The van der Waals surface area contributed by atoms with Crippen molar-refractivity contribution < 1.29 is 19.1 Å². The molecule has 30 heavy (non-hydrogen) atoms. The molecule has 0 heterocycles. The first-order chi connectivity index (χ1) is 14.6. The molecule has 3 rings (SSSR count). The Bertz CT molecular complexity index is 805. The van der Waals surface area contributed by atoms with Crippen molar-refractivity contribution in [1.82, 2.24) is 0 Å². The molecule has 1 saturated carbocycles. The zero-order valence-electron chi connectivity index (χ0n) is 17.2. The minimum Gasteiger partial charge on any atom is -0.455 e. The maximum Gasteiger partial charge on any atom is 0.338 e. The van der Waals surface area contributed by atoms with Crippen LogP contribution in [0, 0.1) is 0 Å². The van der Waals surface area contributed by atoms with Gasteiger partial charge in [0.25, 0.3) is 0 Å². The van der Waals surface area contributed by atoms with Crippen LogP contribution < -0.4 is 0 Å². The van der Waals surface area contributed by atoms with Crippen LogP contribution >= 0.6 is 0 Å². The largest absolute Gasteiger partial charge is 0.455 e. The summed E-state index contributed by atoms with van der Waals surface area (Å²) in [5.41, 5.74) is 2.83. The van der Waals surface area contributed by atoms with Gasteiger partial charge in [0.2, 0.25) is 0 Å². The van der Waals surface area contributed by atoms with E-state index in [9.17, 15) is 9.59 Å². The third-order valence-corrected chi connectivity index (χ3v) is 5.42. The first-order valence-corrected chi connectivity index (χ1v) is 10.5. The van der Waals surface area contributed by atoms with Crippen LogP contribution in [0.15, 0.2) is 61.7 Å². The second-order valence-electron chi connectivity index (χ2n) is 7.53. The van der Waals surface area contributed by atoms with Gasteiger partial charge >= 0.3 is 11.9 Å². The molecule has 0 N–H and O–H groups in total. The minimum absolute atomic E-state index is 0.396. The lowest BCUT2D eigenvalue weighted by Gasteiger charge is -2.29. The Morgan fingerprint density at radius 2 is 1.03 bits per heavy atom. The molecule has 2 aromatic rings. The zero-order chi connectivity index (χ0) is 21.3. The first-order valence-electron chi connectivity index (χ1n) is 10.5. The molecule has 0 aromatic heterocycles. The van der Waals surface area contributed by atoms with Gasteiger partial charge < -0.3 is 9.47 Å². The average molecular weight is 405 g/mol. The Hall–Kier alpha value is -3.14. The summed E-state index contributed by atoms with van der Waals surface area (Å²) in [6.45, 7) is 7.44. The third kappa shape index (κ3) is 5.69. The second kappa shape index (κ2) is 10.6. The molecule has 0 unspecified atom stereocenters. The topological polar surface area (TPSA) is 52.6 Å². The fourth-order valence-corrected chi connectivity index (χ4v) is 3.61. The number of esters is 2. The summed E-state index contributed by atoms with van der Waals surface area (Å²) in [5.74, 6) is -0.792. The number of carbonyl (C=O) groups is 2. The first kappa shape index (κ1) is 21.6. The lowest BCUT2D eigenvalue weighted by atomic mass is 9.95. The van der Waals surface area contributed by atoms with Crippen molar-refractivity contribution >= 4 is 24.1 Å². The van der Waals surface area contributed by atoms with Crippen LogP contribution in [0.3, 0.4) is 0 Å². The molecule has 4 nitrogen and oxygen atoms in total. The molecule has 0 spiro atoms. The SMILES string of the molecule is C=Cc1ccc(C(=O)O[C@H]2CCCCCC[C@@H]2OC(=O)c2ccc(C=C)cc2)cc1. The summed E-state index contributed by atoms with van der Waals surface area (Å²) in [5, 5.41) is 0. The maximum absolute atomic E-state index is 12.7. The van der Waals surface area contributed by atoms with E-state index >= 15 is 0 Å². The molecule has 156 valence electrons. The molecule has 0 saturated heterocycles. The van der Waals surface area contributed by atoms with Crippen LogP contribution in [0.2, 0.25) is 0 Å². The number of ether oxygens (including phenoxy) is 2. The third-order valence-electron chi connectivity index (χ3n) is 5.42. The van der Waals surface area contributed by atoms with Crippen LogP contribution in [-0.2, 0) is 9.47 Å². The standard InChI is InChI=1S/C26H28O4/c1-3-19-11-15-21(16-12-19)25(27)29-23-9-7-5-6-8-10-24(23)30-26(28)22-17-13-20(4-2)14-18-22/h3-4,11-18,23-24H,1-2,5-10H2/t23-,24-/m0/s1. The highest BCUT2D eigenvalue weighted by Gasteiger charge is 2.30. The van der Waals surface area contributed by atoms with Crippen LogP contribution in [0.25, 0.3) is 12.2 Å². The van der Waals surface area contributed by atoms with Crippen LogP contribution in [0.1, 0.15) is 70.4 Å². The number of benzene rings is 2. The van der Waals surface area contributed by atoms with Crippen LogP contribution in [-0.4, -0.2) is 24.1 Å². The van der Waals surface area contributed by atoms with Crippen molar-refractivity contribution in [3.8, 4) is 0 Å². The highest BCUT2D eigenvalue weighted by Crippen LogP contribution is 2.25. The highest BCUT2D eigenvalue weighted by molar-refractivity contribution is 5.90. The number of hydrogen-bond acceptors (Lipinski definition) is 4. The van der Waals surface area contributed by atoms with E-state index in [0.29, 0.717) is 24.0 Å². The van der Waals surface area contributed by atoms with Gasteiger partial charge in [-0.05, 0) is 61.1 Å². The lowest BCUT2D eigenvalue weighted by Crippen LogP contribution is -2.36. The molecule has 2 atom stereocenters. The molecular weight excluding hydrogens is 376 g/mol. The van der Waals surface area contributed by atoms with Crippen molar-refractivity contribution in [3.63, 3.8) is 0 Å². The van der Waals surface area contributed by atoms with E-state index in [1.165, 1.54) is 0 Å². The van der Waals surface area contributed by atoms with Crippen LogP contribution in [0.4, 0.5) is 0 Å². The van der Waals surface area contributed by atoms with Gasteiger partial charge in [-0.25, -0.2) is 9.59 Å². The van der Waals surface area contributed by atoms with Gasteiger partial charge in [-0.3, -0.25) is 0 Å². The number of rotatable bonds is 6. The molecule has 0 bridgehead atoms. The van der Waals surface area contributed by atoms with Gasteiger partial charge in [-0.15, -0.1) is 0 Å². The van der Waals surface area contributed by atoms with E-state index in [4.69, 9.17) is 9.47 Å². The van der Waals surface area contributed by atoms with E-state index in [-0.39, 0.29) is 0 Å². The van der Waals surface area contributed by atoms with E-state index in [0.717, 1.165) is 36.8 Å². The van der Waals surface area contributed by atoms with Crippen molar-refractivity contribution in [2.45, 2.75) is 50.7 Å². The maximum atomic E-state index is 12.7. The molecule has 1 aliphatic carbocycles. The van der Waals surface area contributed by atoms with E-state index in [1.807, 2.05) is 24.3 Å². The summed E-state index contributed by atoms with van der Waals surface area (Å²) in [6.07, 6.45) is 7.97. The fourth-order valence-electron chi connectivity index (χ4n) is 3.61. The summed E-state index contributed by atoms with van der Waals surface area (Å²) in [4.78, 5) is 25.4. The van der Waals surface area contributed by atoms with E-state index in [1.54, 1.807) is 36.4 Å². The predicted molar refractivity (Wildman–Crippen MR) is 119 cm³/mol. The molecule has 1 fully saturated rings. The highest BCUT2D eigenvalue weighted by atomic mass is 16.6. The summed E-state index contributed by atoms with van der Waals surface area (Å²) in [6, 6.07) is 14.2.